The number of halogens is 1. The van der Waals surface area contributed by atoms with Crippen molar-refractivity contribution in [1.29, 1.82) is 0 Å². The van der Waals surface area contributed by atoms with E-state index in [9.17, 15) is 12.8 Å². The summed E-state index contributed by atoms with van der Waals surface area (Å²) in [6.45, 7) is 0.699. The number of aromatic nitrogens is 2. The highest BCUT2D eigenvalue weighted by atomic mass is 32.2. The van der Waals surface area contributed by atoms with Crippen LogP contribution in [0.2, 0.25) is 0 Å². The van der Waals surface area contributed by atoms with Crippen LogP contribution in [0.1, 0.15) is 6.42 Å². The van der Waals surface area contributed by atoms with Crippen LogP contribution in [0, 0.1) is 5.82 Å². The first-order valence-electron chi connectivity index (χ1n) is 5.04. The summed E-state index contributed by atoms with van der Waals surface area (Å²) in [6, 6.07) is 0.0618. The van der Waals surface area contributed by atoms with E-state index in [0.717, 1.165) is 18.6 Å². The zero-order chi connectivity index (χ0) is 12.5. The third kappa shape index (κ3) is 3.10. The number of nitrogens with zero attached hydrogens (tertiary/aromatic N) is 3. The fraction of sp³-hybridized carbons (Fsp3) is 0.556. The van der Waals surface area contributed by atoms with E-state index in [1.54, 1.807) is 0 Å². The standard InChI is InChI=1S/C9H12FN3O3S/c1-17(14,15)13-3-2-8(6-13)16-9-11-4-7(10)5-12-9/h4-5,8H,2-3,6H2,1H3. The van der Waals surface area contributed by atoms with Crippen molar-refractivity contribution < 1.29 is 17.5 Å². The van der Waals surface area contributed by atoms with Crippen LogP contribution in [0.3, 0.4) is 0 Å². The van der Waals surface area contributed by atoms with Crippen molar-refractivity contribution in [3.63, 3.8) is 0 Å². The molecule has 1 unspecified atom stereocenters. The van der Waals surface area contributed by atoms with Gasteiger partial charge in [0.15, 0.2) is 5.82 Å². The molecule has 1 aliphatic rings. The van der Waals surface area contributed by atoms with Gasteiger partial charge in [0.25, 0.3) is 0 Å². The van der Waals surface area contributed by atoms with Crippen molar-refractivity contribution in [2.75, 3.05) is 19.3 Å². The number of hydrogen-bond donors (Lipinski definition) is 0. The average molecular weight is 261 g/mol. The molecule has 2 heterocycles. The van der Waals surface area contributed by atoms with E-state index in [1.165, 1.54) is 4.31 Å². The van der Waals surface area contributed by atoms with Gasteiger partial charge in [0, 0.05) is 6.54 Å². The van der Waals surface area contributed by atoms with Gasteiger partial charge in [0.1, 0.15) is 6.10 Å². The Morgan fingerprint density at radius 1 is 1.47 bits per heavy atom. The highest BCUT2D eigenvalue weighted by Gasteiger charge is 2.30. The molecule has 6 nitrogen and oxygen atoms in total. The number of sulfonamides is 1. The molecule has 0 aromatic carbocycles. The molecule has 8 heteroatoms. The van der Waals surface area contributed by atoms with Crippen LogP contribution in [-0.4, -0.2) is 48.1 Å². The molecule has 1 aromatic rings. The van der Waals surface area contributed by atoms with Crippen molar-refractivity contribution in [1.82, 2.24) is 14.3 Å². The van der Waals surface area contributed by atoms with Crippen molar-refractivity contribution in [2.45, 2.75) is 12.5 Å². The predicted molar refractivity (Wildman–Crippen MR) is 57.4 cm³/mol. The predicted octanol–water partition coefficient (Wildman–Crippen LogP) is 0.0284. The zero-order valence-electron chi connectivity index (χ0n) is 9.21. The number of hydrogen-bond acceptors (Lipinski definition) is 5. The molecule has 0 amide bonds. The van der Waals surface area contributed by atoms with E-state index < -0.39 is 15.8 Å². The van der Waals surface area contributed by atoms with Crippen LogP contribution in [0.4, 0.5) is 4.39 Å². The van der Waals surface area contributed by atoms with E-state index in [2.05, 4.69) is 9.97 Å². The first-order valence-corrected chi connectivity index (χ1v) is 6.89. The maximum absolute atomic E-state index is 12.6. The molecule has 1 aromatic heterocycles. The second kappa shape index (κ2) is 4.53. The van der Waals surface area contributed by atoms with E-state index in [0.29, 0.717) is 13.0 Å². The highest BCUT2D eigenvalue weighted by molar-refractivity contribution is 7.88. The van der Waals surface area contributed by atoms with Gasteiger partial charge in [-0.15, -0.1) is 0 Å². The molecule has 17 heavy (non-hydrogen) atoms. The molecule has 0 bridgehead atoms. The Morgan fingerprint density at radius 2 is 2.12 bits per heavy atom. The zero-order valence-corrected chi connectivity index (χ0v) is 10.0. The fourth-order valence-electron chi connectivity index (χ4n) is 1.61. The Hall–Kier alpha value is -1.28. The normalized spacial score (nSPS) is 21.6. The van der Waals surface area contributed by atoms with Crippen LogP contribution in [0.5, 0.6) is 6.01 Å². The van der Waals surface area contributed by atoms with E-state index in [-0.39, 0.29) is 18.7 Å². The molecular weight excluding hydrogens is 249 g/mol. The molecule has 94 valence electrons. The van der Waals surface area contributed by atoms with Gasteiger partial charge in [-0.05, 0) is 6.42 Å². The minimum Gasteiger partial charge on any atom is -0.459 e. The lowest BCUT2D eigenvalue weighted by atomic mass is 10.3. The van der Waals surface area contributed by atoms with Crippen molar-refractivity contribution in [3.05, 3.63) is 18.2 Å². The van der Waals surface area contributed by atoms with Gasteiger partial charge in [0.2, 0.25) is 10.0 Å². The summed E-state index contributed by atoms with van der Waals surface area (Å²) in [5, 5.41) is 0. The second-order valence-electron chi connectivity index (χ2n) is 3.83. The van der Waals surface area contributed by atoms with Gasteiger partial charge in [-0.3, -0.25) is 0 Å². The number of ether oxygens (including phenoxy) is 1. The van der Waals surface area contributed by atoms with Gasteiger partial charge in [-0.25, -0.2) is 22.8 Å². The molecular formula is C9H12FN3O3S. The van der Waals surface area contributed by atoms with Gasteiger partial charge in [0.05, 0.1) is 25.2 Å². The summed E-state index contributed by atoms with van der Waals surface area (Å²) in [7, 11) is -3.18. The molecule has 1 atom stereocenters. The van der Waals surface area contributed by atoms with Gasteiger partial charge < -0.3 is 4.74 Å². The van der Waals surface area contributed by atoms with Crippen LogP contribution in [0.15, 0.2) is 12.4 Å². The quantitative estimate of drug-likeness (QED) is 0.767. The molecule has 0 N–H and O–H groups in total. The minimum atomic E-state index is -3.18. The summed E-state index contributed by atoms with van der Waals surface area (Å²) < 4.78 is 41.8. The topological polar surface area (TPSA) is 72.4 Å². The van der Waals surface area contributed by atoms with Gasteiger partial charge >= 0.3 is 6.01 Å². The summed E-state index contributed by atoms with van der Waals surface area (Å²) in [6.07, 6.45) is 3.46. The van der Waals surface area contributed by atoms with Crippen molar-refractivity contribution >= 4 is 10.0 Å². The van der Waals surface area contributed by atoms with Crippen LogP contribution in [-0.2, 0) is 10.0 Å². The van der Waals surface area contributed by atoms with E-state index in [1.807, 2.05) is 0 Å². The van der Waals surface area contributed by atoms with Crippen molar-refractivity contribution in [2.24, 2.45) is 0 Å². The van der Waals surface area contributed by atoms with Crippen LogP contribution < -0.4 is 4.74 Å². The van der Waals surface area contributed by atoms with E-state index in [4.69, 9.17) is 4.74 Å². The van der Waals surface area contributed by atoms with Crippen molar-refractivity contribution in [3.8, 4) is 6.01 Å². The maximum atomic E-state index is 12.6. The molecule has 2 rings (SSSR count). The molecule has 0 spiro atoms. The average Bonchev–Trinajstić information content (AvgIpc) is 2.69. The second-order valence-corrected chi connectivity index (χ2v) is 5.82. The van der Waals surface area contributed by atoms with Gasteiger partial charge in [-0.2, -0.15) is 4.31 Å². The third-order valence-electron chi connectivity index (χ3n) is 2.45. The maximum Gasteiger partial charge on any atom is 0.316 e. The Kier molecular flexibility index (Phi) is 3.25. The molecule has 1 saturated heterocycles. The lowest BCUT2D eigenvalue weighted by molar-refractivity contribution is 0.197. The smallest absolute Gasteiger partial charge is 0.316 e. The first kappa shape index (κ1) is 12.2. The monoisotopic (exact) mass is 261 g/mol. The van der Waals surface area contributed by atoms with Crippen LogP contribution in [0.25, 0.3) is 0 Å². The fourth-order valence-corrected chi connectivity index (χ4v) is 2.48. The van der Waals surface area contributed by atoms with Gasteiger partial charge in [-0.1, -0.05) is 0 Å². The molecule has 0 radical (unpaired) electrons. The lowest BCUT2D eigenvalue weighted by Gasteiger charge is -2.13. The Labute approximate surface area is 98.5 Å². The third-order valence-corrected chi connectivity index (χ3v) is 3.72. The minimum absolute atomic E-state index is 0.0618. The SMILES string of the molecule is CS(=O)(=O)N1CCC(Oc2ncc(F)cn2)C1. The summed E-state index contributed by atoms with van der Waals surface area (Å²) in [5.41, 5.74) is 0. The Bertz CT molecular complexity index is 491. The number of rotatable bonds is 3. The first-order chi connectivity index (χ1) is 7.95. The molecule has 1 aliphatic heterocycles. The highest BCUT2D eigenvalue weighted by Crippen LogP contribution is 2.16. The van der Waals surface area contributed by atoms with Crippen LogP contribution >= 0.6 is 0 Å². The summed E-state index contributed by atoms with van der Waals surface area (Å²) in [5.74, 6) is -0.540. The summed E-state index contributed by atoms with van der Waals surface area (Å²) in [4.78, 5) is 7.31. The molecule has 1 fully saturated rings. The Balaban J connectivity index is 1.96. The molecule has 0 saturated carbocycles. The Morgan fingerprint density at radius 3 is 2.65 bits per heavy atom. The lowest BCUT2D eigenvalue weighted by Crippen LogP contribution is -2.30. The largest absolute Gasteiger partial charge is 0.459 e. The van der Waals surface area contributed by atoms with E-state index >= 15 is 0 Å². The molecule has 0 aliphatic carbocycles. The summed E-state index contributed by atoms with van der Waals surface area (Å²) >= 11 is 0.